The van der Waals surface area contributed by atoms with Crippen LogP contribution < -0.4 is 11.1 Å². The number of aromatic nitrogens is 2. The van der Waals surface area contributed by atoms with Crippen LogP contribution in [0.3, 0.4) is 0 Å². The van der Waals surface area contributed by atoms with Gasteiger partial charge in [0.25, 0.3) is 0 Å². The van der Waals surface area contributed by atoms with Crippen molar-refractivity contribution in [2.24, 2.45) is 0 Å². The normalized spacial score (nSPS) is 10.1. The molecule has 3 N–H and O–H groups in total. The number of nitrogens with one attached hydrogen (secondary N) is 1. The van der Waals surface area contributed by atoms with Gasteiger partial charge in [0.2, 0.25) is 0 Å². The summed E-state index contributed by atoms with van der Waals surface area (Å²) >= 11 is 1.51. The van der Waals surface area contributed by atoms with Crippen LogP contribution in [0.4, 0.5) is 11.5 Å². The average Bonchev–Trinajstić information content (AvgIpc) is 2.13. The van der Waals surface area contributed by atoms with E-state index < -0.39 is 0 Å². The third-order valence-corrected chi connectivity index (χ3v) is 2.19. The van der Waals surface area contributed by atoms with Crippen molar-refractivity contribution in [3.63, 3.8) is 0 Å². The zero-order chi connectivity index (χ0) is 9.84. The molecule has 1 aromatic heterocycles. The molecule has 0 aromatic carbocycles. The highest BCUT2D eigenvalue weighted by molar-refractivity contribution is 7.98. The molecule has 13 heavy (non-hydrogen) atoms. The third-order valence-electron chi connectivity index (χ3n) is 1.64. The van der Waals surface area contributed by atoms with Crippen molar-refractivity contribution in [1.29, 1.82) is 0 Å². The SMILES string of the molecule is CCNc1nc(SC)nc(C)c1N. The maximum absolute atomic E-state index is 5.80. The first-order valence-corrected chi connectivity index (χ1v) is 5.33. The number of aryl methyl sites for hydroxylation is 1. The molecule has 0 aliphatic carbocycles. The van der Waals surface area contributed by atoms with Crippen LogP contribution in [0, 0.1) is 6.92 Å². The third kappa shape index (κ3) is 2.24. The standard InChI is InChI=1S/C8H14N4S/c1-4-10-7-6(9)5(2)11-8(12-7)13-3/h4,9H2,1-3H3,(H,10,11,12). The Bertz CT molecular complexity index is 300. The number of rotatable bonds is 3. The number of nitrogen functional groups attached to an aromatic ring is 1. The maximum Gasteiger partial charge on any atom is 0.189 e. The van der Waals surface area contributed by atoms with E-state index in [4.69, 9.17) is 5.73 Å². The fourth-order valence-corrected chi connectivity index (χ4v) is 1.36. The Balaban J connectivity index is 3.09. The topological polar surface area (TPSA) is 63.8 Å². The van der Waals surface area contributed by atoms with Crippen molar-refractivity contribution in [2.45, 2.75) is 19.0 Å². The summed E-state index contributed by atoms with van der Waals surface area (Å²) in [6.07, 6.45) is 1.95. The largest absolute Gasteiger partial charge is 0.394 e. The summed E-state index contributed by atoms with van der Waals surface area (Å²) in [7, 11) is 0. The molecule has 0 saturated heterocycles. The Morgan fingerprint density at radius 3 is 2.69 bits per heavy atom. The van der Waals surface area contributed by atoms with E-state index >= 15 is 0 Å². The van der Waals surface area contributed by atoms with Crippen molar-refractivity contribution in [1.82, 2.24) is 9.97 Å². The summed E-state index contributed by atoms with van der Waals surface area (Å²) in [6, 6.07) is 0. The Hall–Kier alpha value is -0.970. The lowest BCUT2D eigenvalue weighted by atomic mass is 10.3. The summed E-state index contributed by atoms with van der Waals surface area (Å²) in [5.41, 5.74) is 7.26. The maximum atomic E-state index is 5.80. The molecule has 5 heteroatoms. The van der Waals surface area contributed by atoms with Gasteiger partial charge in [-0.3, -0.25) is 0 Å². The molecule has 0 atom stereocenters. The predicted octanol–water partition coefficient (Wildman–Crippen LogP) is 1.52. The van der Waals surface area contributed by atoms with Crippen molar-refractivity contribution in [3.05, 3.63) is 5.69 Å². The van der Waals surface area contributed by atoms with Crippen LogP contribution in [0.25, 0.3) is 0 Å². The molecule has 0 aliphatic rings. The molecule has 0 bridgehead atoms. The van der Waals surface area contributed by atoms with E-state index in [9.17, 15) is 0 Å². The molecule has 0 radical (unpaired) electrons. The van der Waals surface area contributed by atoms with E-state index in [1.54, 1.807) is 0 Å². The zero-order valence-electron chi connectivity index (χ0n) is 8.09. The van der Waals surface area contributed by atoms with Crippen LogP contribution in [0.1, 0.15) is 12.6 Å². The summed E-state index contributed by atoms with van der Waals surface area (Å²) in [6.45, 7) is 4.71. The quantitative estimate of drug-likeness (QED) is 0.569. The Kier molecular flexibility index (Phi) is 3.36. The Morgan fingerprint density at radius 1 is 1.46 bits per heavy atom. The first-order chi connectivity index (χ1) is 6.19. The van der Waals surface area contributed by atoms with E-state index in [1.807, 2.05) is 20.1 Å². The van der Waals surface area contributed by atoms with Gasteiger partial charge in [0.1, 0.15) is 0 Å². The van der Waals surface area contributed by atoms with E-state index in [0.29, 0.717) is 5.69 Å². The van der Waals surface area contributed by atoms with Crippen LogP contribution in [-0.2, 0) is 0 Å². The molecule has 1 rings (SSSR count). The molecule has 1 heterocycles. The van der Waals surface area contributed by atoms with Gasteiger partial charge in [-0.1, -0.05) is 11.8 Å². The number of nitrogens with two attached hydrogens (primary N) is 1. The highest BCUT2D eigenvalue weighted by Gasteiger charge is 2.06. The lowest BCUT2D eigenvalue weighted by molar-refractivity contribution is 0.935. The van der Waals surface area contributed by atoms with E-state index in [-0.39, 0.29) is 0 Å². The lowest BCUT2D eigenvalue weighted by Gasteiger charge is -2.09. The van der Waals surface area contributed by atoms with E-state index in [1.165, 1.54) is 11.8 Å². The molecule has 72 valence electrons. The zero-order valence-corrected chi connectivity index (χ0v) is 8.90. The second kappa shape index (κ2) is 4.32. The molecule has 1 aromatic rings. The summed E-state index contributed by atoms with van der Waals surface area (Å²) in [5, 5.41) is 3.85. The van der Waals surface area contributed by atoms with Gasteiger partial charge in [-0.15, -0.1) is 0 Å². The molecule has 4 nitrogen and oxygen atoms in total. The van der Waals surface area contributed by atoms with Gasteiger partial charge in [0.05, 0.1) is 11.4 Å². The van der Waals surface area contributed by atoms with Gasteiger partial charge < -0.3 is 11.1 Å². The van der Waals surface area contributed by atoms with Crippen LogP contribution >= 0.6 is 11.8 Å². The van der Waals surface area contributed by atoms with Gasteiger partial charge in [-0.05, 0) is 20.1 Å². The molecular formula is C8H14N4S. The first kappa shape index (κ1) is 10.1. The predicted molar refractivity (Wildman–Crippen MR) is 57.1 cm³/mol. The monoisotopic (exact) mass is 198 g/mol. The second-order valence-electron chi connectivity index (χ2n) is 2.59. The molecule has 0 fully saturated rings. The fourth-order valence-electron chi connectivity index (χ4n) is 0.949. The molecule has 0 aliphatic heterocycles. The first-order valence-electron chi connectivity index (χ1n) is 4.11. The van der Waals surface area contributed by atoms with Gasteiger partial charge >= 0.3 is 0 Å². The van der Waals surface area contributed by atoms with Gasteiger partial charge in [-0.25, -0.2) is 9.97 Å². The summed E-state index contributed by atoms with van der Waals surface area (Å²) in [4.78, 5) is 8.48. The van der Waals surface area contributed by atoms with E-state index in [0.717, 1.165) is 23.2 Å². The van der Waals surface area contributed by atoms with Crippen LogP contribution in [-0.4, -0.2) is 22.8 Å². The van der Waals surface area contributed by atoms with E-state index in [2.05, 4.69) is 15.3 Å². The van der Waals surface area contributed by atoms with Gasteiger partial charge in [0.15, 0.2) is 11.0 Å². The Morgan fingerprint density at radius 2 is 2.15 bits per heavy atom. The molecule has 0 spiro atoms. The number of thioether (sulfide) groups is 1. The van der Waals surface area contributed by atoms with Gasteiger partial charge in [-0.2, -0.15) is 0 Å². The number of hydrogen-bond donors (Lipinski definition) is 2. The number of hydrogen-bond acceptors (Lipinski definition) is 5. The molecular weight excluding hydrogens is 184 g/mol. The summed E-state index contributed by atoms with van der Waals surface area (Å²) in [5.74, 6) is 0.736. The van der Waals surface area contributed by atoms with Crippen LogP contribution in [0.2, 0.25) is 0 Å². The van der Waals surface area contributed by atoms with Crippen molar-refractivity contribution in [3.8, 4) is 0 Å². The molecule has 0 unspecified atom stereocenters. The smallest absolute Gasteiger partial charge is 0.189 e. The number of nitrogens with zero attached hydrogens (tertiary/aromatic N) is 2. The van der Waals surface area contributed by atoms with Crippen LogP contribution in [0.5, 0.6) is 0 Å². The summed E-state index contributed by atoms with van der Waals surface area (Å²) < 4.78 is 0. The van der Waals surface area contributed by atoms with Crippen LogP contribution in [0.15, 0.2) is 5.16 Å². The molecule has 0 saturated carbocycles. The lowest BCUT2D eigenvalue weighted by Crippen LogP contribution is -2.07. The van der Waals surface area contributed by atoms with Crippen molar-refractivity contribution >= 4 is 23.3 Å². The second-order valence-corrected chi connectivity index (χ2v) is 3.36. The average molecular weight is 198 g/mol. The molecule has 0 amide bonds. The van der Waals surface area contributed by atoms with Gasteiger partial charge in [0, 0.05) is 6.54 Å². The minimum atomic E-state index is 0.639. The fraction of sp³-hybridized carbons (Fsp3) is 0.500. The minimum absolute atomic E-state index is 0.639. The minimum Gasteiger partial charge on any atom is -0.394 e. The number of anilines is 2. The highest BCUT2D eigenvalue weighted by Crippen LogP contribution is 2.21. The Labute approximate surface area is 82.3 Å². The van der Waals surface area contributed by atoms with Crippen molar-refractivity contribution < 1.29 is 0 Å². The van der Waals surface area contributed by atoms with Crippen molar-refractivity contribution in [2.75, 3.05) is 23.9 Å². The highest BCUT2D eigenvalue weighted by atomic mass is 32.2.